The van der Waals surface area contributed by atoms with Gasteiger partial charge < -0.3 is 20.5 Å². The van der Waals surface area contributed by atoms with Gasteiger partial charge in [0.25, 0.3) is 0 Å². The van der Waals surface area contributed by atoms with Crippen molar-refractivity contribution in [3.8, 4) is 0 Å². The summed E-state index contributed by atoms with van der Waals surface area (Å²) in [5, 5.41) is 3.38. The van der Waals surface area contributed by atoms with Gasteiger partial charge in [-0.2, -0.15) is 0 Å². The Morgan fingerprint density at radius 2 is 1.94 bits per heavy atom. The largest absolute Gasteiger partial charge is 0.374 e. The van der Waals surface area contributed by atoms with E-state index in [1.165, 1.54) is 0 Å². The molecule has 0 saturated carbocycles. The smallest absolute Gasteiger partial charge is 0.180 e. The average molecular weight is 317 g/mol. The van der Waals surface area contributed by atoms with Crippen molar-refractivity contribution in [2.24, 2.45) is 5.73 Å². The molecule has 0 saturated heterocycles. The molecule has 18 heavy (non-hydrogen) atoms. The van der Waals surface area contributed by atoms with Gasteiger partial charge >= 0.3 is 0 Å². The molecule has 0 amide bonds. The molecule has 4 nitrogen and oxygen atoms in total. The first-order chi connectivity index (χ1) is 8.45. The van der Waals surface area contributed by atoms with Gasteiger partial charge in [0, 0.05) is 30.9 Å². The SMILES string of the molecule is COC(OC)C(C)(CN)Nc1cc(C)cc(Br)c1. The van der Waals surface area contributed by atoms with Crippen LogP contribution in [0.4, 0.5) is 5.69 Å². The van der Waals surface area contributed by atoms with Gasteiger partial charge in [-0.05, 0) is 37.6 Å². The summed E-state index contributed by atoms with van der Waals surface area (Å²) >= 11 is 3.48. The van der Waals surface area contributed by atoms with Crippen molar-refractivity contribution in [1.29, 1.82) is 0 Å². The van der Waals surface area contributed by atoms with Gasteiger partial charge in [-0.15, -0.1) is 0 Å². The molecule has 0 fully saturated rings. The molecule has 0 heterocycles. The third kappa shape index (κ3) is 3.68. The number of rotatable bonds is 6. The van der Waals surface area contributed by atoms with Crippen LogP contribution in [0.25, 0.3) is 0 Å². The fourth-order valence-corrected chi connectivity index (χ4v) is 2.57. The lowest BCUT2D eigenvalue weighted by molar-refractivity contribution is -0.134. The molecule has 3 N–H and O–H groups in total. The van der Waals surface area contributed by atoms with Crippen molar-refractivity contribution in [2.45, 2.75) is 25.7 Å². The number of halogens is 1. The Labute approximate surface area is 117 Å². The standard InChI is InChI=1S/C13H21BrN2O2/c1-9-5-10(14)7-11(6-9)16-13(2,8-15)12(17-3)18-4/h5-7,12,16H,8,15H2,1-4H3. The van der Waals surface area contributed by atoms with Crippen LogP contribution < -0.4 is 11.1 Å². The lowest BCUT2D eigenvalue weighted by Gasteiger charge is -2.36. The van der Waals surface area contributed by atoms with Gasteiger partial charge in [-0.1, -0.05) is 15.9 Å². The fraction of sp³-hybridized carbons (Fsp3) is 0.538. The van der Waals surface area contributed by atoms with Crippen LogP contribution >= 0.6 is 15.9 Å². The Hall–Kier alpha value is -0.620. The second kappa shape index (κ2) is 6.52. The molecule has 102 valence electrons. The molecular formula is C13H21BrN2O2. The first kappa shape index (κ1) is 15.4. The Morgan fingerprint density at radius 1 is 1.33 bits per heavy atom. The Bertz CT molecular complexity index is 376. The van der Waals surface area contributed by atoms with E-state index < -0.39 is 11.8 Å². The number of hydrogen-bond acceptors (Lipinski definition) is 4. The van der Waals surface area contributed by atoms with E-state index in [1.807, 2.05) is 19.9 Å². The second-order valence-electron chi connectivity index (χ2n) is 4.57. The van der Waals surface area contributed by atoms with Crippen LogP contribution in [-0.4, -0.2) is 32.6 Å². The highest BCUT2D eigenvalue weighted by molar-refractivity contribution is 9.10. The fourth-order valence-electron chi connectivity index (χ4n) is 1.96. The quantitative estimate of drug-likeness (QED) is 0.792. The number of anilines is 1. The molecule has 0 aromatic heterocycles. The van der Waals surface area contributed by atoms with Gasteiger partial charge in [0.05, 0.1) is 5.54 Å². The summed E-state index contributed by atoms with van der Waals surface area (Å²) in [5.41, 5.74) is 7.50. The zero-order valence-corrected chi connectivity index (χ0v) is 12.9. The van der Waals surface area contributed by atoms with Crippen molar-refractivity contribution in [2.75, 3.05) is 26.1 Å². The molecule has 0 radical (unpaired) electrons. The Morgan fingerprint density at radius 3 is 2.39 bits per heavy atom. The molecule has 0 aliphatic heterocycles. The van der Waals surface area contributed by atoms with E-state index in [0.29, 0.717) is 6.54 Å². The maximum absolute atomic E-state index is 5.85. The number of nitrogens with two attached hydrogens (primary N) is 1. The lowest BCUT2D eigenvalue weighted by atomic mass is 10.0. The molecule has 1 rings (SSSR count). The van der Waals surface area contributed by atoms with Gasteiger partial charge in [0.1, 0.15) is 0 Å². The summed E-state index contributed by atoms with van der Waals surface area (Å²) in [6.07, 6.45) is -0.415. The molecule has 1 atom stereocenters. The Balaban J connectivity index is 2.97. The third-order valence-corrected chi connectivity index (χ3v) is 3.30. The minimum Gasteiger partial charge on any atom is -0.374 e. The van der Waals surface area contributed by atoms with Crippen LogP contribution in [0.1, 0.15) is 12.5 Å². The normalized spacial score (nSPS) is 14.6. The Kier molecular flexibility index (Phi) is 5.59. The molecule has 1 aromatic carbocycles. The predicted molar refractivity (Wildman–Crippen MR) is 77.8 cm³/mol. The molecule has 1 aromatic rings. The second-order valence-corrected chi connectivity index (χ2v) is 5.48. The van der Waals surface area contributed by atoms with Crippen molar-refractivity contribution in [1.82, 2.24) is 0 Å². The third-order valence-electron chi connectivity index (χ3n) is 2.84. The average Bonchev–Trinajstić information content (AvgIpc) is 2.29. The summed E-state index contributed by atoms with van der Waals surface area (Å²) in [5.74, 6) is 0. The van der Waals surface area contributed by atoms with E-state index in [-0.39, 0.29) is 0 Å². The van der Waals surface area contributed by atoms with E-state index in [9.17, 15) is 0 Å². The summed E-state index contributed by atoms with van der Waals surface area (Å²) in [7, 11) is 3.21. The van der Waals surface area contributed by atoms with Gasteiger partial charge in [0.2, 0.25) is 0 Å². The summed E-state index contributed by atoms with van der Waals surface area (Å²) in [4.78, 5) is 0. The molecular weight excluding hydrogens is 296 g/mol. The van der Waals surface area contributed by atoms with Crippen molar-refractivity contribution in [3.05, 3.63) is 28.2 Å². The minimum absolute atomic E-state index is 0.394. The number of nitrogens with one attached hydrogen (secondary N) is 1. The minimum atomic E-state index is -0.489. The van der Waals surface area contributed by atoms with Gasteiger partial charge in [0.15, 0.2) is 6.29 Å². The predicted octanol–water partition coefficient (Wildman–Crippen LogP) is 2.51. The van der Waals surface area contributed by atoms with E-state index in [2.05, 4.69) is 33.4 Å². The van der Waals surface area contributed by atoms with E-state index in [1.54, 1.807) is 14.2 Å². The van der Waals surface area contributed by atoms with Crippen molar-refractivity contribution in [3.63, 3.8) is 0 Å². The van der Waals surface area contributed by atoms with Crippen LogP contribution in [0.3, 0.4) is 0 Å². The van der Waals surface area contributed by atoms with E-state index in [0.717, 1.165) is 15.7 Å². The molecule has 5 heteroatoms. The van der Waals surface area contributed by atoms with Crippen LogP contribution in [0.5, 0.6) is 0 Å². The molecule has 0 aliphatic carbocycles. The number of methoxy groups -OCH3 is 2. The number of benzene rings is 1. The first-order valence-corrected chi connectivity index (χ1v) is 6.55. The number of ether oxygens (including phenoxy) is 2. The van der Waals surface area contributed by atoms with Crippen molar-refractivity contribution >= 4 is 21.6 Å². The van der Waals surface area contributed by atoms with Crippen LogP contribution in [0.2, 0.25) is 0 Å². The van der Waals surface area contributed by atoms with E-state index in [4.69, 9.17) is 15.2 Å². The lowest BCUT2D eigenvalue weighted by Crippen LogP contribution is -2.54. The highest BCUT2D eigenvalue weighted by atomic mass is 79.9. The van der Waals surface area contributed by atoms with Crippen LogP contribution in [-0.2, 0) is 9.47 Å². The van der Waals surface area contributed by atoms with Gasteiger partial charge in [-0.25, -0.2) is 0 Å². The molecule has 0 aliphatic rings. The molecule has 0 spiro atoms. The van der Waals surface area contributed by atoms with Crippen LogP contribution in [0.15, 0.2) is 22.7 Å². The highest BCUT2D eigenvalue weighted by Crippen LogP contribution is 2.24. The highest BCUT2D eigenvalue weighted by Gasteiger charge is 2.33. The maximum atomic E-state index is 5.85. The van der Waals surface area contributed by atoms with Gasteiger partial charge in [-0.3, -0.25) is 0 Å². The first-order valence-electron chi connectivity index (χ1n) is 5.76. The zero-order valence-electron chi connectivity index (χ0n) is 11.3. The summed E-state index contributed by atoms with van der Waals surface area (Å²) < 4.78 is 11.6. The topological polar surface area (TPSA) is 56.5 Å². The van der Waals surface area contributed by atoms with E-state index >= 15 is 0 Å². The number of hydrogen-bond donors (Lipinski definition) is 2. The molecule has 1 unspecified atom stereocenters. The summed E-state index contributed by atoms with van der Waals surface area (Å²) in [6.45, 7) is 4.41. The van der Waals surface area contributed by atoms with Crippen molar-refractivity contribution < 1.29 is 9.47 Å². The number of aryl methyl sites for hydroxylation is 1. The summed E-state index contributed by atoms with van der Waals surface area (Å²) in [6, 6.07) is 6.11. The van der Waals surface area contributed by atoms with Crippen LogP contribution in [0, 0.1) is 6.92 Å². The maximum Gasteiger partial charge on any atom is 0.180 e. The monoisotopic (exact) mass is 316 g/mol. The zero-order chi connectivity index (χ0) is 13.8. The molecule has 0 bridgehead atoms.